The van der Waals surface area contributed by atoms with E-state index >= 15 is 0 Å². The molecule has 0 radical (unpaired) electrons. The number of carbonyl (C=O) groups is 3. The van der Waals surface area contributed by atoms with Crippen LogP contribution in [0.25, 0.3) is 0 Å². The number of rotatable bonds is 11. The topological polar surface area (TPSA) is 105 Å². The lowest BCUT2D eigenvalue weighted by Crippen LogP contribution is -2.45. The normalized spacial score (nSPS) is 16.9. The fourth-order valence-corrected chi connectivity index (χ4v) is 4.09. The summed E-state index contributed by atoms with van der Waals surface area (Å²) in [5.41, 5.74) is 2.28. The fraction of sp³-hybridized carbons (Fsp3) is 0.542. The first-order chi connectivity index (χ1) is 14.9. The molecule has 0 aliphatic heterocycles. The second-order valence-electron chi connectivity index (χ2n) is 8.54. The molecule has 1 aliphatic carbocycles. The van der Waals surface area contributed by atoms with Gasteiger partial charge in [-0.1, -0.05) is 50.3 Å². The Labute approximate surface area is 184 Å². The number of ether oxygens (including phenoxy) is 1. The van der Waals surface area contributed by atoms with Crippen molar-refractivity contribution in [2.45, 2.75) is 64.5 Å². The molecule has 3 atom stereocenters. The monoisotopic (exact) mass is 430 g/mol. The zero-order valence-corrected chi connectivity index (χ0v) is 18.4. The average molecular weight is 431 g/mol. The first-order valence-corrected chi connectivity index (χ1v) is 11.0. The third-order valence-corrected chi connectivity index (χ3v) is 5.66. The van der Waals surface area contributed by atoms with Crippen LogP contribution in [0, 0.1) is 17.8 Å². The summed E-state index contributed by atoms with van der Waals surface area (Å²) in [6.07, 6.45) is 5.76. The van der Waals surface area contributed by atoms with E-state index in [1.54, 1.807) is 35.8 Å². The Morgan fingerprint density at radius 2 is 1.77 bits per heavy atom. The number of hydroxylamine groups is 1. The molecule has 7 nitrogen and oxygen atoms in total. The van der Waals surface area contributed by atoms with E-state index < -0.39 is 35.7 Å². The quantitative estimate of drug-likeness (QED) is 0.215. The molecule has 0 aromatic heterocycles. The highest BCUT2D eigenvalue weighted by atomic mass is 16.5. The third-order valence-electron chi connectivity index (χ3n) is 5.66. The van der Waals surface area contributed by atoms with E-state index in [1.165, 1.54) is 0 Å². The smallest absolute Gasteiger partial charge is 0.333 e. The van der Waals surface area contributed by atoms with E-state index in [-0.39, 0.29) is 18.4 Å². The summed E-state index contributed by atoms with van der Waals surface area (Å²) in [7, 11) is 0. The summed E-state index contributed by atoms with van der Waals surface area (Å²) in [6, 6.07) is 7.98. The number of allylic oxidation sites excluding steroid dienone is 1. The van der Waals surface area contributed by atoms with Crippen molar-refractivity contribution >= 4 is 17.8 Å². The van der Waals surface area contributed by atoms with Gasteiger partial charge in [0.15, 0.2) is 6.04 Å². The number of carbonyl (C=O) groups excluding carboxylic acids is 3. The van der Waals surface area contributed by atoms with Gasteiger partial charge in [-0.05, 0) is 50.0 Å². The molecule has 1 aromatic carbocycles. The highest BCUT2D eigenvalue weighted by molar-refractivity contribution is 5.90. The van der Waals surface area contributed by atoms with Gasteiger partial charge in [0.1, 0.15) is 6.10 Å². The maximum absolute atomic E-state index is 13.3. The molecule has 1 aliphatic rings. The van der Waals surface area contributed by atoms with Crippen LogP contribution in [0.5, 0.6) is 0 Å². The minimum atomic E-state index is -0.967. The summed E-state index contributed by atoms with van der Waals surface area (Å²) in [5.74, 6) is -2.99. The lowest BCUT2D eigenvalue weighted by molar-refractivity contribution is -0.153. The maximum atomic E-state index is 13.3. The van der Waals surface area contributed by atoms with Gasteiger partial charge in [-0.15, -0.1) is 6.58 Å². The van der Waals surface area contributed by atoms with Crippen LogP contribution in [0.1, 0.15) is 64.0 Å². The Morgan fingerprint density at radius 1 is 1.13 bits per heavy atom. The molecule has 1 saturated carbocycles. The first-order valence-electron chi connectivity index (χ1n) is 11.0. The molecule has 0 spiro atoms. The van der Waals surface area contributed by atoms with Crippen molar-refractivity contribution in [2.24, 2.45) is 17.8 Å². The number of nitrogens with one attached hydrogen (secondary N) is 2. The number of esters is 1. The Balaban J connectivity index is 2.27. The van der Waals surface area contributed by atoms with Crippen molar-refractivity contribution in [2.75, 3.05) is 0 Å². The van der Waals surface area contributed by atoms with Crippen LogP contribution in [0.2, 0.25) is 0 Å². The zero-order chi connectivity index (χ0) is 22.8. The van der Waals surface area contributed by atoms with E-state index in [0.717, 1.165) is 25.7 Å². The predicted molar refractivity (Wildman–Crippen MR) is 117 cm³/mol. The molecule has 31 heavy (non-hydrogen) atoms. The Bertz CT molecular complexity index is 744. The van der Waals surface area contributed by atoms with Gasteiger partial charge < -0.3 is 10.1 Å². The second kappa shape index (κ2) is 12.2. The molecule has 2 amide bonds. The van der Waals surface area contributed by atoms with Crippen LogP contribution >= 0.6 is 0 Å². The largest absolute Gasteiger partial charge is 0.461 e. The average Bonchev–Trinajstić information content (AvgIpc) is 3.27. The fourth-order valence-electron chi connectivity index (χ4n) is 4.09. The van der Waals surface area contributed by atoms with Crippen LogP contribution in [-0.2, 0) is 19.1 Å². The van der Waals surface area contributed by atoms with Crippen molar-refractivity contribution in [3.63, 3.8) is 0 Å². The molecule has 0 heterocycles. The standard InChI is InChI=1S/C24H34N2O5/c1-4-10-19(23(28)26-30)20(15-16(2)3)22(27)25-21(17-11-6-5-7-12-17)24(29)31-18-13-8-9-14-18/h4-7,11-12,16,18-21,30H,1,8-10,13-15H2,2-3H3,(H,25,27)(H,26,28). The molecule has 170 valence electrons. The Hall–Kier alpha value is -2.67. The van der Waals surface area contributed by atoms with Crippen LogP contribution in [0.3, 0.4) is 0 Å². The van der Waals surface area contributed by atoms with Crippen molar-refractivity contribution in [3.8, 4) is 0 Å². The van der Waals surface area contributed by atoms with Gasteiger partial charge >= 0.3 is 5.97 Å². The summed E-state index contributed by atoms with van der Waals surface area (Å²) in [4.78, 5) is 38.6. The van der Waals surface area contributed by atoms with Crippen LogP contribution < -0.4 is 10.8 Å². The minimum absolute atomic E-state index is 0.121. The molecule has 0 bridgehead atoms. The second-order valence-corrected chi connectivity index (χ2v) is 8.54. The van der Waals surface area contributed by atoms with Crippen LogP contribution in [0.15, 0.2) is 43.0 Å². The molecule has 2 rings (SSSR count). The highest BCUT2D eigenvalue weighted by Gasteiger charge is 2.36. The van der Waals surface area contributed by atoms with Gasteiger partial charge in [0, 0.05) is 0 Å². The molecular formula is C24H34N2O5. The van der Waals surface area contributed by atoms with Crippen molar-refractivity contribution < 1.29 is 24.3 Å². The van der Waals surface area contributed by atoms with Crippen LogP contribution in [-0.4, -0.2) is 29.1 Å². The van der Waals surface area contributed by atoms with Crippen molar-refractivity contribution in [1.29, 1.82) is 0 Å². The molecular weight excluding hydrogens is 396 g/mol. The Kier molecular flexibility index (Phi) is 9.72. The van der Waals surface area contributed by atoms with E-state index in [1.807, 2.05) is 19.9 Å². The van der Waals surface area contributed by atoms with Crippen LogP contribution in [0.4, 0.5) is 0 Å². The molecule has 3 N–H and O–H groups in total. The van der Waals surface area contributed by atoms with Crippen molar-refractivity contribution in [3.05, 3.63) is 48.6 Å². The van der Waals surface area contributed by atoms with E-state index in [0.29, 0.717) is 12.0 Å². The maximum Gasteiger partial charge on any atom is 0.333 e. The summed E-state index contributed by atoms with van der Waals surface area (Å²) >= 11 is 0. The summed E-state index contributed by atoms with van der Waals surface area (Å²) in [5, 5.41) is 12.0. The summed E-state index contributed by atoms with van der Waals surface area (Å²) < 4.78 is 5.68. The SMILES string of the molecule is C=CCC(C(=O)NO)C(CC(C)C)C(=O)NC(C(=O)OC1CCCC1)c1ccccc1. The van der Waals surface area contributed by atoms with Gasteiger partial charge in [-0.25, -0.2) is 10.3 Å². The molecule has 1 aromatic rings. The van der Waals surface area contributed by atoms with Gasteiger partial charge in [0.25, 0.3) is 0 Å². The van der Waals surface area contributed by atoms with Gasteiger partial charge in [0.05, 0.1) is 11.8 Å². The Morgan fingerprint density at radius 3 is 2.32 bits per heavy atom. The van der Waals surface area contributed by atoms with Gasteiger partial charge in [-0.3, -0.25) is 14.8 Å². The number of benzene rings is 1. The van der Waals surface area contributed by atoms with E-state index in [4.69, 9.17) is 9.94 Å². The zero-order valence-electron chi connectivity index (χ0n) is 18.4. The molecule has 0 saturated heterocycles. The van der Waals surface area contributed by atoms with Gasteiger partial charge in [-0.2, -0.15) is 0 Å². The lowest BCUT2D eigenvalue weighted by Gasteiger charge is -2.28. The predicted octanol–water partition coefficient (Wildman–Crippen LogP) is 3.69. The van der Waals surface area contributed by atoms with E-state index in [2.05, 4.69) is 11.9 Å². The highest BCUT2D eigenvalue weighted by Crippen LogP contribution is 2.28. The molecule has 7 heteroatoms. The number of hydrogen-bond donors (Lipinski definition) is 3. The summed E-state index contributed by atoms with van der Waals surface area (Å²) in [6.45, 7) is 7.56. The first kappa shape index (κ1) is 24.6. The number of amides is 2. The van der Waals surface area contributed by atoms with E-state index in [9.17, 15) is 14.4 Å². The molecule has 3 unspecified atom stereocenters. The van der Waals surface area contributed by atoms with Crippen molar-refractivity contribution in [1.82, 2.24) is 10.8 Å². The minimum Gasteiger partial charge on any atom is -0.461 e. The lowest BCUT2D eigenvalue weighted by atomic mass is 9.82. The third kappa shape index (κ3) is 7.21. The van der Waals surface area contributed by atoms with Gasteiger partial charge in [0.2, 0.25) is 11.8 Å². The number of hydrogen-bond acceptors (Lipinski definition) is 5. The molecule has 1 fully saturated rings.